The third-order valence-electron chi connectivity index (χ3n) is 3.93. The predicted octanol–water partition coefficient (Wildman–Crippen LogP) is 2.49. The number of carbonyl (C=O) groups excluding carboxylic acids is 1. The maximum absolute atomic E-state index is 12.0. The topological polar surface area (TPSA) is 105 Å². The first-order chi connectivity index (χ1) is 12.6. The molecule has 1 amide bonds. The van der Waals surface area contributed by atoms with Gasteiger partial charge >= 0.3 is 0 Å². The van der Waals surface area contributed by atoms with Gasteiger partial charge in [-0.25, -0.2) is 0 Å². The zero-order valence-electron chi connectivity index (χ0n) is 14.0. The molecule has 0 aliphatic rings. The third kappa shape index (κ3) is 3.65. The molecule has 3 aromatic rings. The molecular weight excluding hydrogens is 324 g/mol. The van der Waals surface area contributed by atoms with Gasteiger partial charge in [-0.15, -0.1) is 0 Å². The van der Waals surface area contributed by atoms with Gasteiger partial charge < -0.3 is 16.8 Å². The highest BCUT2D eigenvalue weighted by Crippen LogP contribution is 2.21. The maximum atomic E-state index is 12.0. The van der Waals surface area contributed by atoms with Crippen LogP contribution in [0, 0.1) is 17.3 Å². The van der Waals surface area contributed by atoms with Crippen molar-refractivity contribution < 1.29 is 4.79 Å². The van der Waals surface area contributed by atoms with Crippen LogP contribution in [-0.2, 0) is 0 Å². The Morgan fingerprint density at radius 3 is 2.50 bits per heavy atom. The number of anilines is 1. The molecule has 26 heavy (non-hydrogen) atoms. The standard InChI is InChI=1S/C21H18N4O/c22-17-11-9-16(10-12-17)21(26)25-13-3-5-15-8-7-14-4-1-2-6-18(14)19(15)20(23)24/h1-2,4,6-12H,13,22H2,(H3,23,24)(H,25,26). The minimum Gasteiger partial charge on any atom is -0.399 e. The summed E-state index contributed by atoms with van der Waals surface area (Å²) in [6.45, 7) is 0.188. The van der Waals surface area contributed by atoms with E-state index in [4.69, 9.17) is 16.9 Å². The Bertz CT molecular complexity index is 1040. The first-order valence-electron chi connectivity index (χ1n) is 8.05. The van der Waals surface area contributed by atoms with Crippen molar-refractivity contribution in [3.05, 3.63) is 77.4 Å². The largest absolute Gasteiger partial charge is 0.399 e. The molecule has 5 nitrogen and oxygen atoms in total. The van der Waals surface area contributed by atoms with Crippen LogP contribution in [0.1, 0.15) is 21.5 Å². The summed E-state index contributed by atoms with van der Waals surface area (Å²) in [4.78, 5) is 12.0. The van der Waals surface area contributed by atoms with Crippen LogP contribution in [0.4, 0.5) is 5.69 Å². The third-order valence-corrected chi connectivity index (χ3v) is 3.93. The maximum Gasteiger partial charge on any atom is 0.252 e. The summed E-state index contributed by atoms with van der Waals surface area (Å²) in [5, 5.41) is 12.5. The van der Waals surface area contributed by atoms with Gasteiger partial charge in [0.1, 0.15) is 5.84 Å². The Morgan fingerprint density at radius 1 is 1.04 bits per heavy atom. The number of hydrogen-bond donors (Lipinski definition) is 4. The number of carbonyl (C=O) groups is 1. The van der Waals surface area contributed by atoms with E-state index < -0.39 is 0 Å². The number of amidine groups is 1. The number of hydrogen-bond acceptors (Lipinski definition) is 3. The molecule has 3 rings (SSSR count). The molecule has 0 bridgehead atoms. The molecule has 0 saturated carbocycles. The molecule has 0 heterocycles. The van der Waals surface area contributed by atoms with Crippen LogP contribution in [-0.4, -0.2) is 18.3 Å². The first kappa shape index (κ1) is 17.1. The minimum absolute atomic E-state index is 0.0305. The van der Waals surface area contributed by atoms with Gasteiger partial charge in [0.15, 0.2) is 0 Å². The molecule has 0 aliphatic carbocycles. The van der Waals surface area contributed by atoms with Crippen LogP contribution in [0.25, 0.3) is 10.8 Å². The van der Waals surface area contributed by atoms with E-state index >= 15 is 0 Å². The highest BCUT2D eigenvalue weighted by Gasteiger charge is 2.08. The average molecular weight is 342 g/mol. The van der Waals surface area contributed by atoms with Gasteiger partial charge in [0.05, 0.1) is 6.54 Å². The highest BCUT2D eigenvalue weighted by atomic mass is 16.1. The summed E-state index contributed by atoms with van der Waals surface area (Å²) < 4.78 is 0. The molecule has 0 atom stereocenters. The molecule has 0 radical (unpaired) electrons. The molecule has 6 N–H and O–H groups in total. The summed E-state index contributed by atoms with van der Waals surface area (Å²) in [7, 11) is 0. The van der Waals surface area contributed by atoms with E-state index in [9.17, 15) is 4.79 Å². The molecule has 0 spiro atoms. The van der Waals surface area contributed by atoms with E-state index in [0.717, 1.165) is 10.8 Å². The Labute approximate surface area is 151 Å². The smallest absolute Gasteiger partial charge is 0.252 e. The lowest BCUT2D eigenvalue weighted by Crippen LogP contribution is -2.23. The molecular formula is C21H18N4O. The van der Waals surface area contributed by atoms with Crippen molar-refractivity contribution in [1.82, 2.24) is 5.32 Å². The van der Waals surface area contributed by atoms with E-state index in [1.54, 1.807) is 24.3 Å². The Balaban J connectivity index is 1.78. The lowest BCUT2D eigenvalue weighted by atomic mass is 9.98. The van der Waals surface area contributed by atoms with E-state index in [2.05, 4.69) is 17.2 Å². The van der Waals surface area contributed by atoms with Crippen molar-refractivity contribution in [1.29, 1.82) is 5.41 Å². The molecule has 3 aromatic carbocycles. The Hall–Kier alpha value is -3.78. The number of fused-ring (bicyclic) bond motifs is 1. The molecule has 5 heteroatoms. The van der Waals surface area contributed by atoms with E-state index in [1.807, 2.05) is 36.4 Å². The first-order valence-corrected chi connectivity index (χ1v) is 8.05. The van der Waals surface area contributed by atoms with Gasteiger partial charge in [0.2, 0.25) is 0 Å². The van der Waals surface area contributed by atoms with Crippen molar-refractivity contribution in [3.8, 4) is 11.8 Å². The summed E-state index contributed by atoms with van der Waals surface area (Å²) in [6.07, 6.45) is 0. The zero-order valence-corrected chi connectivity index (χ0v) is 14.0. The lowest BCUT2D eigenvalue weighted by Gasteiger charge is -2.07. The lowest BCUT2D eigenvalue weighted by molar-refractivity contribution is 0.0958. The van der Waals surface area contributed by atoms with Gasteiger partial charge in [-0.05, 0) is 41.1 Å². The van der Waals surface area contributed by atoms with E-state index in [0.29, 0.717) is 22.4 Å². The molecule has 0 saturated heterocycles. The highest BCUT2D eigenvalue weighted by molar-refractivity contribution is 6.09. The number of nitrogen functional groups attached to an aromatic ring is 2. The number of rotatable bonds is 3. The van der Waals surface area contributed by atoms with E-state index in [1.165, 1.54) is 0 Å². The van der Waals surface area contributed by atoms with Crippen LogP contribution in [0.2, 0.25) is 0 Å². The van der Waals surface area contributed by atoms with Gasteiger partial charge in [0, 0.05) is 22.4 Å². The number of benzene rings is 3. The second-order valence-electron chi connectivity index (χ2n) is 5.73. The van der Waals surface area contributed by atoms with Crippen LogP contribution in [0.15, 0.2) is 60.7 Å². The van der Waals surface area contributed by atoms with Gasteiger partial charge in [-0.3, -0.25) is 10.2 Å². The second kappa shape index (κ2) is 7.41. The number of nitrogens with two attached hydrogens (primary N) is 2. The Morgan fingerprint density at radius 2 is 1.77 bits per heavy atom. The monoisotopic (exact) mass is 342 g/mol. The van der Waals surface area contributed by atoms with Crippen LogP contribution < -0.4 is 16.8 Å². The Kier molecular flexibility index (Phi) is 4.86. The van der Waals surface area contributed by atoms with Crippen molar-refractivity contribution in [2.24, 2.45) is 5.73 Å². The molecule has 0 aliphatic heterocycles. The fraction of sp³-hybridized carbons (Fsp3) is 0.0476. The second-order valence-corrected chi connectivity index (χ2v) is 5.73. The molecule has 0 aromatic heterocycles. The van der Waals surface area contributed by atoms with Gasteiger partial charge in [-0.1, -0.05) is 42.2 Å². The van der Waals surface area contributed by atoms with Crippen LogP contribution in [0.5, 0.6) is 0 Å². The summed E-state index contributed by atoms with van der Waals surface area (Å²) in [5.74, 6) is 5.66. The van der Waals surface area contributed by atoms with Gasteiger partial charge in [-0.2, -0.15) is 0 Å². The summed E-state index contributed by atoms with van der Waals surface area (Å²) in [5.41, 5.74) is 13.8. The predicted molar refractivity (Wildman–Crippen MR) is 105 cm³/mol. The number of amides is 1. The SMILES string of the molecule is N=C(N)c1c(C#CCNC(=O)c2ccc(N)cc2)ccc2ccccc12. The zero-order chi connectivity index (χ0) is 18.5. The van der Waals surface area contributed by atoms with Crippen molar-refractivity contribution >= 4 is 28.2 Å². The van der Waals surface area contributed by atoms with Gasteiger partial charge in [0.25, 0.3) is 5.91 Å². The average Bonchev–Trinajstić information content (AvgIpc) is 2.65. The minimum atomic E-state index is -0.218. The van der Waals surface area contributed by atoms with Crippen molar-refractivity contribution in [3.63, 3.8) is 0 Å². The number of nitrogens with one attached hydrogen (secondary N) is 2. The summed E-state index contributed by atoms with van der Waals surface area (Å²) in [6, 6.07) is 18.2. The van der Waals surface area contributed by atoms with E-state index in [-0.39, 0.29) is 18.3 Å². The molecule has 0 fully saturated rings. The molecule has 0 unspecified atom stereocenters. The fourth-order valence-electron chi connectivity index (χ4n) is 2.67. The fourth-order valence-corrected chi connectivity index (χ4v) is 2.67. The van der Waals surface area contributed by atoms with Crippen LogP contribution in [0.3, 0.4) is 0 Å². The normalized spacial score (nSPS) is 10.0. The molecule has 128 valence electrons. The quantitative estimate of drug-likeness (QED) is 0.254. The van der Waals surface area contributed by atoms with Crippen LogP contribution >= 0.6 is 0 Å². The summed E-state index contributed by atoms with van der Waals surface area (Å²) >= 11 is 0. The van der Waals surface area contributed by atoms with Crippen molar-refractivity contribution in [2.45, 2.75) is 0 Å². The van der Waals surface area contributed by atoms with Crippen molar-refractivity contribution in [2.75, 3.05) is 12.3 Å².